The molecule has 17 heavy (non-hydrogen) atoms. The predicted octanol–water partition coefficient (Wildman–Crippen LogP) is 2.71. The van der Waals surface area contributed by atoms with Crippen molar-refractivity contribution < 1.29 is 4.79 Å². The first-order valence-corrected chi connectivity index (χ1v) is 5.96. The van der Waals surface area contributed by atoms with Crippen LogP contribution in [0.1, 0.15) is 44.7 Å². The van der Waals surface area contributed by atoms with Gasteiger partial charge in [0.05, 0.1) is 17.2 Å². The summed E-state index contributed by atoms with van der Waals surface area (Å²) in [5, 5.41) is 11.7. The maximum atomic E-state index is 11.1. The molecule has 0 atom stereocenters. The van der Waals surface area contributed by atoms with Gasteiger partial charge in [-0.05, 0) is 30.5 Å². The van der Waals surface area contributed by atoms with Crippen LogP contribution in [0.3, 0.4) is 0 Å². The summed E-state index contributed by atoms with van der Waals surface area (Å²) in [4.78, 5) is 11.1. The van der Waals surface area contributed by atoms with Crippen LogP contribution >= 0.6 is 0 Å². The Morgan fingerprint density at radius 1 is 1.41 bits per heavy atom. The van der Waals surface area contributed by atoms with Crippen LogP contribution < -0.4 is 5.32 Å². The zero-order valence-electron chi connectivity index (χ0n) is 10.6. The molecule has 1 amide bonds. The van der Waals surface area contributed by atoms with E-state index >= 15 is 0 Å². The van der Waals surface area contributed by atoms with E-state index in [2.05, 4.69) is 11.4 Å². The van der Waals surface area contributed by atoms with Gasteiger partial charge < -0.3 is 5.32 Å². The van der Waals surface area contributed by atoms with E-state index in [1.54, 1.807) is 6.07 Å². The molecule has 90 valence electrons. The van der Waals surface area contributed by atoms with E-state index in [0.717, 1.165) is 18.4 Å². The molecule has 1 aliphatic carbocycles. The summed E-state index contributed by atoms with van der Waals surface area (Å²) in [7, 11) is 0. The lowest BCUT2D eigenvalue weighted by Gasteiger charge is -2.16. The Bertz CT molecular complexity index is 442. The number of hydrogen-bond acceptors (Lipinski definition) is 2. The number of hydrogen-bond donors (Lipinski definition) is 1. The van der Waals surface area contributed by atoms with Crippen LogP contribution in [0.2, 0.25) is 0 Å². The summed E-state index contributed by atoms with van der Waals surface area (Å²) >= 11 is 0. The van der Waals surface area contributed by atoms with Crippen molar-refractivity contribution >= 4 is 5.91 Å². The SMILES string of the molecule is CC.CC(=O)NC1(c2cccc(C#N)c2)CC1. The van der Waals surface area contributed by atoms with Crippen molar-refractivity contribution in [2.75, 3.05) is 0 Å². The quantitative estimate of drug-likeness (QED) is 0.849. The largest absolute Gasteiger partial charge is 0.347 e. The van der Waals surface area contributed by atoms with Crippen LogP contribution in [-0.4, -0.2) is 5.91 Å². The fourth-order valence-electron chi connectivity index (χ4n) is 1.83. The third-order valence-electron chi connectivity index (χ3n) is 2.71. The van der Waals surface area contributed by atoms with Crippen LogP contribution in [0.5, 0.6) is 0 Å². The molecule has 0 radical (unpaired) electrons. The molecule has 0 aromatic heterocycles. The lowest BCUT2D eigenvalue weighted by molar-refractivity contribution is -0.120. The average Bonchev–Trinajstić information content (AvgIpc) is 3.12. The molecule has 3 heteroatoms. The molecule has 0 saturated heterocycles. The second-order valence-electron chi connectivity index (χ2n) is 3.96. The molecular formula is C14H18N2O. The number of benzene rings is 1. The predicted molar refractivity (Wildman–Crippen MR) is 67.2 cm³/mol. The summed E-state index contributed by atoms with van der Waals surface area (Å²) in [6.45, 7) is 5.52. The van der Waals surface area contributed by atoms with Gasteiger partial charge in [0.2, 0.25) is 5.91 Å². The van der Waals surface area contributed by atoms with E-state index in [9.17, 15) is 4.79 Å². The Kier molecular flexibility index (Phi) is 4.28. The van der Waals surface area contributed by atoms with E-state index in [0.29, 0.717) is 5.56 Å². The second kappa shape index (κ2) is 5.49. The van der Waals surface area contributed by atoms with Gasteiger partial charge in [-0.1, -0.05) is 26.0 Å². The van der Waals surface area contributed by atoms with E-state index in [4.69, 9.17) is 5.26 Å². The van der Waals surface area contributed by atoms with Crippen molar-refractivity contribution in [1.29, 1.82) is 5.26 Å². The third-order valence-corrected chi connectivity index (χ3v) is 2.71. The van der Waals surface area contributed by atoms with Gasteiger partial charge in [-0.2, -0.15) is 5.26 Å². The van der Waals surface area contributed by atoms with Crippen molar-refractivity contribution in [2.45, 2.75) is 39.2 Å². The highest BCUT2D eigenvalue weighted by molar-refractivity contribution is 5.74. The van der Waals surface area contributed by atoms with Crippen molar-refractivity contribution in [3.63, 3.8) is 0 Å². The van der Waals surface area contributed by atoms with E-state index in [-0.39, 0.29) is 11.4 Å². The molecule has 0 spiro atoms. The monoisotopic (exact) mass is 230 g/mol. The molecule has 1 aromatic rings. The maximum absolute atomic E-state index is 11.1. The minimum atomic E-state index is -0.196. The highest BCUT2D eigenvalue weighted by Crippen LogP contribution is 2.45. The van der Waals surface area contributed by atoms with Crippen molar-refractivity contribution in [3.05, 3.63) is 35.4 Å². The number of nitrogens with one attached hydrogen (secondary N) is 1. The number of amides is 1. The van der Waals surface area contributed by atoms with Gasteiger partial charge in [0.1, 0.15) is 0 Å². The average molecular weight is 230 g/mol. The molecule has 1 N–H and O–H groups in total. The first-order valence-electron chi connectivity index (χ1n) is 5.96. The zero-order chi connectivity index (χ0) is 12.9. The second-order valence-corrected chi connectivity index (χ2v) is 3.96. The summed E-state index contributed by atoms with van der Waals surface area (Å²) in [5.74, 6) is -0.0186. The van der Waals surface area contributed by atoms with E-state index in [1.165, 1.54) is 6.92 Å². The number of rotatable bonds is 2. The third kappa shape index (κ3) is 3.07. The fourth-order valence-corrected chi connectivity index (χ4v) is 1.83. The minimum Gasteiger partial charge on any atom is -0.347 e. The van der Waals surface area contributed by atoms with Crippen LogP contribution in [0, 0.1) is 11.3 Å². The smallest absolute Gasteiger partial charge is 0.217 e. The minimum absolute atomic E-state index is 0.0186. The summed E-state index contributed by atoms with van der Waals surface area (Å²) in [6, 6.07) is 9.55. The van der Waals surface area contributed by atoms with Gasteiger partial charge >= 0.3 is 0 Å². The van der Waals surface area contributed by atoms with Crippen LogP contribution in [0.15, 0.2) is 24.3 Å². The van der Waals surface area contributed by atoms with E-state index in [1.807, 2.05) is 32.0 Å². The number of nitrogens with zero attached hydrogens (tertiary/aromatic N) is 1. The summed E-state index contributed by atoms with van der Waals surface area (Å²) in [5.41, 5.74) is 1.49. The molecular weight excluding hydrogens is 212 g/mol. The van der Waals surface area contributed by atoms with Crippen LogP contribution in [0.4, 0.5) is 0 Å². The van der Waals surface area contributed by atoms with Gasteiger partial charge in [0, 0.05) is 6.92 Å². The van der Waals surface area contributed by atoms with E-state index < -0.39 is 0 Å². The lowest BCUT2D eigenvalue weighted by atomic mass is 10.0. The molecule has 1 aliphatic rings. The highest BCUT2D eigenvalue weighted by atomic mass is 16.1. The van der Waals surface area contributed by atoms with Gasteiger partial charge in [-0.3, -0.25) is 4.79 Å². The molecule has 0 aliphatic heterocycles. The molecule has 0 bridgehead atoms. The Labute approximate surface area is 102 Å². The first kappa shape index (κ1) is 13.2. The zero-order valence-corrected chi connectivity index (χ0v) is 10.6. The van der Waals surface area contributed by atoms with Crippen LogP contribution in [0.25, 0.3) is 0 Å². The van der Waals surface area contributed by atoms with Crippen LogP contribution in [-0.2, 0) is 10.3 Å². The molecule has 0 heterocycles. The number of nitriles is 1. The molecule has 1 aromatic carbocycles. The Morgan fingerprint density at radius 2 is 2.06 bits per heavy atom. The maximum Gasteiger partial charge on any atom is 0.217 e. The Morgan fingerprint density at radius 3 is 2.53 bits per heavy atom. The molecule has 2 rings (SSSR count). The Balaban J connectivity index is 0.000000686. The topological polar surface area (TPSA) is 52.9 Å². The summed E-state index contributed by atoms with van der Waals surface area (Å²) < 4.78 is 0. The van der Waals surface area contributed by atoms with Gasteiger partial charge in [-0.15, -0.1) is 0 Å². The molecule has 3 nitrogen and oxygen atoms in total. The van der Waals surface area contributed by atoms with Gasteiger partial charge in [0.15, 0.2) is 0 Å². The Hall–Kier alpha value is -1.82. The van der Waals surface area contributed by atoms with Crippen molar-refractivity contribution in [2.24, 2.45) is 0 Å². The number of carbonyl (C=O) groups is 1. The highest BCUT2D eigenvalue weighted by Gasteiger charge is 2.45. The molecule has 1 fully saturated rings. The van der Waals surface area contributed by atoms with Gasteiger partial charge in [0.25, 0.3) is 0 Å². The normalized spacial score (nSPS) is 14.9. The first-order chi connectivity index (χ1) is 8.16. The number of carbonyl (C=O) groups excluding carboxylic acids is 1. The fraction of sp³-hybridized carbons (Fsp3) is 0.429. The molecule has 1 saturated carbocycles. The summed E-state index contributed by atoms with van der Waals surface area (Å²) in [6.07, 6.45) is 1.92. The standard InChI is InChI=1S/C12H12N2O.C2H6/c1-9(15)14-12(5-6-12)11-4-2-3-10(7-11)8-13;1-2/h2-4,7H,5-6H2,1H3,(H,14,15);1-2H3. The van der Waals surface area contributed by atoms with Crippen molar-refractivity contribution in [1.82, 2.24) is 5.32 Å². The lowest BCUT2D eigenvalue weighted by Crippen LogP contribution is -2.32. The van der Waals surface area contributed by atoms with Crippen molar-refractivity contribution in [3.8, 4) is 6.07 Å². The van der Waals surface area contributed by atoms with Gasteiger partial charge in [-0.25, -0.2) is 0 Å². The molecule has 0 unspecified atom stereocenters.